The van der Waals surface area contributed by atoms with Crippen molar-refractivity contribution in [3.05, 3.63) is 75.3 Å². The summed E-state index contributed by atoms with van der Waals surface area (Å²) >= 11 is 12.0. The summed E-state index contributed by atoms with van der Waals surface area (Å²) in [6.07, 6.45) is -1.91. The van der Waals surface area contributed by atoms with E-state index in [0.29, 0.717) is 41.2 Å². The van der Waals surface area contributed by atoms with Gasteiger partial charge in [-0.15, -0.1) is 0 Å². The largest absolute Gasteiger partial charge is 0.416 e. The number of aromatic nitrogens is 3. The van der Waals surface area contributed by atoms with Gasteiger partial charge in [0.25, 0.3) is 0 Å². The number of alkyl halides is 3. The lowest BCUT2D eigenvalue weighted by Gasteiger charge is -2.28. The third-order valence-corrected chi connectivity index (χ3v) is 5.31. The maximum atomic E-state index is 12.7. The van der Waals surface area contributed by atoms with Gasteiger partial charge < -0.3 is 0 Å². The molecule has 0 radical (unpaired) electrons. The number of benzene rings is 1. The van der Waals surface area contributed by atoms with Crippen LogP contribution in [-0.4, -0.2) is 26.4 Å². The molecule has 4 nitrogen and oxygen atoms in total. The summed E-state index contributed by atoms with van der Waals surface area (Å²) in [5.41, 5.74) is 2.66. The lowest BCUT2D eigenvalue weighted by molar-refractivity contribution is -0.137. The van der Waals surface area contributed by atoms with E-state index in [1.165, 1.54) is 12.1 Å². The van der Waals surface area contributed by atoms with Gasteiger partial charge in [-0.05, 0) is 18.2 Å². The van der Waals surface area contributed by atoms with Crippen molar-refractivity contribution in [2.45, 2.75) is 25.7 Å². The zero-order valence-electron chi connectivity index (χ0n) is 15.0. The fraction of sp³-hybridized carbons (Fsp3) is 0.250. The van der Waals surface area contributed by atoms with E-state index in [4.69, 9.17) is 23.2 Å². The number of fused-ring (bicyclic) bond motifs is 1. The monoisotopic (exact) mass is 438 g/mol. The van der Waals surface area contributed by atoms with Crippen LogP contribution < -0.4 is 0 Å². The lowest BCUT2D eigenvalue weighted by Crippen LogP contribution is -2.31. The summed E-state index contributed by atoms with van der Waals surface area (Å²) in [6, 6.07) is 8.45. The highest BCUT2D eigenvalue weighted by molar-refractivity contribution is 6.32. The van der Waals surface area contributed by atoms with Gasteiger partial charge in [0.05, 0.1) is 11.3 Å². The fourth-order valence-electron chi connectivity index (χ4n) is 3.26. The van der Waals surface area contributed by atoms with Gasteiger partial charge in [-0.25, -0.2) is 15.0 Å². The van der Waals surface area contributed by atoms with Crippen LogP contribution in [0.1, 0.15) is 22.4 Å². The molecule has 0 atom stereocenters. The molecule has 3 heterocycles. The molecule has 3 aromatic rings. The number of pyridine rings is 1. The van der Waals surface area contributed by atoms with Crippen molar-refractivity contribution in [3.63, 3.8) is 0 Å². The zero-order valence-corrected chi connectivity index (χ0v) is 16.6. The van der Waals surface area contributed by atoms with E-state index >= 15 is 0 Å². The molecule has 29 heavy (non-hydrogen) atoms. The average molecular weight is 439 g/mol. The first kappa shape index (κ1) is 20.1. The van der Waals surface area contributed by atoms with Crippen LogP contribution in [0.4, 0.5) is 13.2 Å². The first-order chi connectivity index (χ1) is 13.8. The van der Waals surface area contributed by atoms with E-state index in [1.807, 2.05) is 6.07 Å². The smallest absolute Gasteiger partial charge is 0.294 e. The molecule has 0 aliphatic carbocycles. The van der Waals surface area contributed by atoms with Crippen molar-refractivity contribution in [3.8, 4) is 11.4 Å². The van der Waals surface area contributed by atoms with Crippen molar-refractivity contribution >= 4 is 23.2 Å². The molecule has 1 aliphatic rings. The maximum Gasteiger partial charge on any atom is 0.416 e. The Morgan fingerprint density at radius 2 is 1.76 bits per heavy atom. The van der Waals surface area contributed by atoms with Crippen LogP contribution in [0.5, 0.6) is 0 Å². The van der Waals surface area contributed by atoms with Crippen molar-refractivity contribution < 1.29 is 13.2 Å². The van der Waals surface area contributed by atoms with Crippen molar-refractivity contribution in [1.29, 1.82) is 0 Å². The Balaban J connectivity index is 1.50. The number of halogens is 5. The molecular weight excluding hydrogens is 424 g/mol. The van der Waals surface area contributed by atoms with E-state index in [1.54, 1.807) is 12.3 Å². The Morgan fingerprint density at radius 1 is 1.00 bits per heavy atom. The molecule has 0 fully saturated rings. The summed E-state index contributed by atoms with van der Waals surface area (Å²) in [5.74, 6) is 0.427. The molecule has 0 bridgehead atoms. The SMILES string of the molecule is FC(F)(F)c1ccc(-c2ncc3c(n2)CCN(Cc2ccc(Cl)nc2Cl)C3)cc1. The topological polar surface area (TPSA) is 41.9 Å². The summed E-state index contributed by atoms with van der Waals surface area (Å²) in [7, 11) is 0. The number of hydrogen-bond donors (Lipinski definition) is 0. The second-order valence-corrected chi connectivity index (χ2v) is 7.53. The van der Waals surface area contributed by atoms with E-state index < -0.39 is 11.7 Å². The van der Waals surface area contributed by atoms with Crippen LogP contribution in [0, 0.1) is 0 Å². The predicted octanol–water partition coefficient (Wildman–Crippen LogP) is 5.42. The quantitative estimate of drug-likeness (QED) is 0.511. The van der Waals surface area contributed by atoms with Gasteiger partial charge in [-0.3, -0.25) is 4.90 Å². The molecule has 1 aromatic carbocycles. The van der Waals surface area contributed by atoms with E-state index in [2.05, 4.69) is 19.9 Å². The Kier molecular flexibility index (Phi) is 5.46. The maximum absolute atomic E-state index is 12.7. The normalized spacial score (nSPS) is 14.7. The standard InChI is InChI=1S/C20H15Cl2F3N4/c21-17-6-3-13(18(22)28-17)10-29-8-7-16-14(11-29)9-26-19(27-16)12-1-4-15(5-2-12)20(23,24)25/h1-6,9H,7-8,10-11H2. The molecule has 4 rings (SSSR count). The zero-order chi connectivity index (χ0) is 20.6. The summed E-state index contributed by atoms with van der Waals surface area (Å²) in [5, 5.41) is 0.740. The Labute approximate surface area is 175 Å². The second-order valence-electron chi connectivity index (χ2n) is 6.79. The van der Waals surface area contributed by atoms with Crippen molar-refractivity contribution in [1.82, 2.24) is 19.9 Å². The minimum Gasteiger partial charge on any atom is -0.294 e. The van der Waals surface area contributed by atoms with Crippen LogP contribution in [0.3, 0.4) is 0 Å². The van der Waals surface area contributed by atoms with Crippen LogP contribution >= 0.6 is 23.2 Å². The van der Waals surface area contributed by atoms with Gasteiger partial charge in [0.1, 0.15) is 10.3 Å². The molecule has 0 spiro atoms. The third-order valence-electron chi connectivity index (χ3n) is 4.77. The van der Waals surface area contributed by atoms with Crippen molar-refractivity contribution in [2.24, 2.45) is 0 Å². The molecule has 0 N–H and O–H groups in total. The second kappa shape index (κ2) is 7.89. The molecule has 1 aliphatic heterocycles. The van der Waals surface area contributed by atoms with Gasteiger partial charge in [0.15, 0.2) is 5.82 Å². The molecule has 0 saturated carbocycles. The molecule has 0 saturated heterocycles. The van der Waals surface area contributed by atoms with Crippen LogP contribution in [0.2, 0.25) is 10.3 Å². The minimum absolute atomic E-state index is 0.354. The molecular formula is C20H15Cl2F3N4. The van der Waals surface area contributed by atoms with Gasteiger partial charge in [0, 0.05) is 48.9 Å². The number of rotatable bonds is 3. The van der Waals surface area contributed by atoms with Crippen LogP contribution in [-0.2, 0) is 25.7 Å². The minimum atomic E-state index is -4.36. The van der Waals surface area contributed by atoms with Crippen molar-refractivity contribution in [2.75, 3.05) is 6.54 Å². The Bertz CT molecular complexity index is 1040. The molecule has 0 amide bonds. The highest BCUT2D eigenvalue weighted by atomic mass is 35.5. The van der Waals surface area contributed by atoms with E-state index in [-0.39, 0.29) is 0 Å². The average Bonchev–Trinajstić information content (AvgIpc) is 2.69. The Hall–Kier alpha value is -2.22. The predicted molar refractivity (Wildman–Crippen MR) is 105 cm³/mol. The van der Waals surface area contributed by atoms with Gasteiger partial charge in [0.2, 0.25) is 0 Å². The van der Waals surface area contributed by atoms with Crippen LogP contribution in [0.15, 0.2) is 42.6 Å². The summed E-state index contributed by atoms with van der Waals surface area (Å²) < 4.78 is 38.2. The molecule has 2 aromatic heterocycles. The third kappa shape index (κ3) is 4.52. The lowest BCUT2D eigenvalue weighted by atomic mass is 10.1. The van der Waals surface area contributed by atoms with E-state index in [0.717, 1.165) is 35.5 Å². The first-order valence-electron chi connectivity index (χ1n) is 8.85. The number of nitrogens with zero attached hydrogens (tertiary/aromatic N) is 4. The number of hydrogen-bond acceptors (Lipinski definition) is 4. The molecule has 150 valence electrons. The van der Waals surface area contributed by atoms with Gasteiger partial charge >= 0.3 is 6.18 Å². The molecule has 9 heteroatoms. The molecule has 0 unspecified atom stereocenters. The fourth-order valence-corrected chi connectivity index (χ4v) is 3.66. The highest BCUT2D eigenvalue weighted by Crippen LogP contribution is 2.31. The highest BCUT2D eigenvalue weighted by Gasteiger charge is 2.30. The van der Waals surface area contributed by atoms with Crippen LogP contribution in [0.25, 0.3) is 11.4 Å². The van der Waals surface area contributed by atoms with E-state index in [9.17, 15) is 13.2 Å². The summed E-state index contributed by atoms with van der Waals surface area (Å²) in [6.45, 7) is 2.06. The Morgan fingerprint density at radius 3 is 2.45 bits per heavy atom. The van der Waals surface area contributed by atoms with Gasteiger partial charge in [-0.2, -0.15) is 13.2 Å². The van der Waals surface area contributed by atoms with Gasteiger partial charge in [-0.1, -0.05) is 41.4 Å². The first-order valence-corrected chi connectivity index (χ1v) is 9.61. The summed E-state index contributed by atoms with van der Waals surface area (Å²) in [4.78, 5) is 15.2.